The summed E-state index contributed by atoms with van der Waals surface area (Å²) in [5.74, 6) is 1.87. The lowest BCUT2D eigenvalue weighted by molar-refractivity contribution is 0.00578. The Bertz CT molecular complexity index is 510. The minimum absolute atomic E-state index is 0.306. The maximum Gasteiger partial charge on any atom is 0.487 e. The van der Waals surface area contributed by atoms with Crippen LogP contribution in [-0.2, 0) is 9.31 Å². The summed E-state index contributed by atoms with van der Waals surface area (Å²) in [5, 5.41) is 6.15. The van der Waals surface area contributed by atoms with Gasteiger partial charge in [0.15, 0.2) is 0 Å². The zero-order valence-corrected chi connectivity index (χ0v) is 13.4. The zero-order valence-electron chi connectivity index (χ0n) is 13.4. The molecule has 0 unspecified atom stereocenters. The molecule has 1 aromatic rings. The normalized spacial score (nSPS) is 20.5. The second-order valence-electron chi connectivity index (χ2n) is 6.13. The fourth-order valence-corrected chi connectivity index (χ4v) is 1.96. The summed E-state index contributed by atoms with van der Waals surface area (Å²) in [6.07, 6.45) is 3.58. The van der Waals surface area contributed by atoms with Gasteiger partial charge in [-0.1, -0.05) is 24.2 Å². The third-order valence-electron chi connectivity index (χ3n) is 4.00. The predicted molar refractivity (Wildman–Crippen MR) is 88.6 cm³/mol. The van der Waals surface area contributed by atoms with Crippen LogP contribution in [0.3, 0.4) is 0 Å². The summed E-state index contributed by atoms with van der Waals surface area (Å²) in [7, 11) is 1.58. The van der Waals surface area contributed by atoms with E-state index in [-0.39, 0.29) is 18.3 Å². The van der Waals surface area contributed by atoms with Crippen LogP contribution in [0.15, 0.2) is 47.5 Å². The Labute approximate surface area is 127 Å². The van der Waals surface area contributed by atoms with E-state index in [1.54, 1.807) is 6.21 Å². The molecule has 112 valence electrons. The topological polar surface area (TPSA) is 34.1 Å². The lowest BCUT2D eigenvalue weighted by atomic mass is 9.90. The molecule has 5 heteroatoms. The van der Waals surface area contributed by atoms with Gasteiger partial charge < -0.3 is 9.31 Å². The van der Waals surface area contributed by atoms with Gasteiger partial charge >= 0.3 is 7.12 Å². The van der Waals surface area contributed by atoms with Gasteiger partial charge in [0, 0.05) is 13.3 Å². The van der Waals surface area contributed by atoms with Gasteiger partial charge in [-0.25, -0.2) is 0 Å². The number of hydrogen-bond donors (Lipinski definition) is 0. The maximum atomic E-state index is 5.87. The number of nitrogens with zero attached hydrogens (tertiary/aromatic N) is 2. The molecular weight excluding hydrogens is 263 g/mol. The molecule has 0 N–H and O–H groups in total. The van der Waals surface area contributed by atoms with E-state index in [1.165, 1.54) is 0 Å². The fourth-order valence-electron chi connectivity index (χ4n) is 1.96. The zero-order chi connectivity index (χ0) is 15.5. The highest BCUT2D eigenvalue weighted by atomic mass is 16.7. The fraction of sp³-hybridized carbons (Fsp3) is 0.438. The lowest BCUT2D eigenvalue weighted by Gasteiger charge is -2.32. The maximum absolute atomic E-state index is 5.87. The van der Waals surface area contributed by atoms with Gasteiger partial charge in [-0.3, -0.25) is 5.01 Å². The molecule has 1 saturated heterocycles. The highest BCUT2D eigenvalue weighted by molar-refractivity contribution is 6.52. The Morgan fingerprint density at radius 3 is 2.19 bits per heavy atom. The van der Waals surface area contributed by atoms with E-state index in [1.807, 2.05) is 82.1 Å². The van der Waals surface area contributed by atoms with Crippen LogP contribution in [0.2, 0.25) is 0 Å². The van der Waals surface area contributed by atoms with Gasteiger partial charge in [0.2, 0.25) is 0 Å². The van der Waals surface area contributed by atoms with E-state index >= 15 is 0 Å². The molecule has 21 heavy (non-hydrogen) atoms. The van der Waals surface area contributed by atoms with E-state index in [0.717, 1.165) is 5.69 Å². The molecule has 0 bridgehead atoms. The van der Waals surface area contributed by atoms with Crippen molar-refractivity contribution in [3.63, 3.8) is 0 Å². The first-order chi connectivity index (χ1) is 9.82. The number of allylic oxidation sites excluding steroid dienone is 1. The van der Waals surface area contributed by atoms with Crippen LogP contribution in [-0.4, -0.2) is 31.6 Å². The molecule has 0 spiro atoms. The number of para-hydroxylation sites is 1. The minimum atomic E-state index is -0.330. The Kier molecular flexibility index (Phi) is 4.54. The van der Waals surface area contributed by atoms with Crippen molar-refractivity contribution >= 4 is 19.0 Å². The first-order valence-corrected chi connectivity index (χ1v) is 7.17. The van der Waals surface area contributed by atoms with Crippen molar-refractivity contribution < 1.29 is 9.31 Å². The van der Waals surface area contributed by atoms with E-state index in [4.69, 9.17) is 9.31 Å². The van der Waals surface area contributed by atoms with Gasteiger partial charge in [0.05, 0.1) is 16.9 Å². The highest BCUT2D eigenvalue weighted by Gasteiger charge is 2.49. The molecule has 0 aromatic heterocycles. The number of hydrazone groups is 1. The third kappa shape index (κ3) is 3.74. The van der Waals surface area contributed by atoms with Crippen molar-refractivity contribution in [3.05, 3.63) is 42.4 Å². The van der Waals surface area contributed by atoms with Gasteiger partial charge in [0.1, 0.15) is 0 Å². The summed E-state index contributed by atoms with van der Waals surface area (Å²) in [4.78, 5) is 0. The van der Waals surface area contributed by atoms with Crippen LogP contribution < -0.4 is 5.01 Å². The summed E-state index contributed by atoms with van der Waals surface area (Å²) in [6, 6.07) is 9.98. The summed E-state index contributed by atoms with van der Waals surface area (Å²) >= 11 is 0. The SMILES string of the molecule is CN(/N=C/C=C/B1OC(C)(C)C(C)(C)O1)c1ccccc1. The Morgan fingerprint density at radius 1 is 1.05 bits per heavy atom. The van der Waals surface area contributed by atoms with Crippen LogP contribution in [0.4, 0.5) is 5.69 Å². The van der Waals surface area contributed by atoms with Crippen LogP contribution >= 0.6 is 0 Å². The first-order valence-electron chi connectivity index (χ1n) is 7.17. The molecule has 1 heterocycles. The van der Waals surface area contributed by atoms with Crippen molar-refractivity contribution in [2.45, 2.75) is 38.9 Å². The van der Waals surface area contributed by atoms with Crippen molar-refractivity contribution in [3.8, 4) is 0 Å². The summed E-state index contributed by atoms with van der Waals surface area (Å²) in [6.45, 7) is 8.16. The van der Waals surface area contributed by atoms with E-state index in [2.05, 4.69) is 5.10 Å². The Hall–Kier alpha value is -1.59. The molecule has 0 radical (unpaired) electrons. The van der Waals surface area contributed by atoms with E-state index in [0.29, 0.717) is 0 Å². The monoisotopic (exact) mass is 286 g/mol. The van der Waals surface area contributed by atoms with Crippen LogP contribution in [0.5, 0.6) is 0 Å². The average molecular weight is 286 g/mol. The number of hydrogen-bond acceptors (Lipinski definition) is 4. The second kappa shape index (κ2) is 6.04. The minimum Gasteiger partial charge on any atom is -0.400 e. The molecular formula is C16H23BN2O2. The van der Waals surface area contributed by atoms with Gasteiger partial charge in [-0.2, -0.15) is 5.10 Å². The summed E-state index contributed by atoms with van der Waals surface area (Å²) < 4.78 is 11.7. The lowest BCUT2D eigenvalue weighted by Crippen LogP contribution is -2.41. The molecule has 1 aromatic carbocycles. The number of anilines is 1. The van der Waals surface area contributed by atoms with E-state index < -0.39 is 0 Å². The Morgan fingerprint density at radius 2 is 1.62 bits per heavy atom. The molecule has 4 nitrogen and oxygen atoms in total. The van der Waals surface area contributed by atoms with Crippen molar-refractivity contribution in [2.75, 3.05) is 12.1 Å². The molecule has 0 atom stereocenters. The molecule has 0 saturated carbocycles. The average Bonchev–Trinajstić information content (AvgIpc) is 2.63. The van der Waals surface area contributed by atoms with E-state index in [9.17, 15) is 0 Å². The first kappa shape index (κ1) is 15.8. The van der Waals surface area contributed by atoms with Crippen molar-refractivity contribution in [1.29, 1.82) is 0 Å². The molecule has 1 aliphatic rings. The molecule has 2 rings (SSSR count). The van der Waals surface area contributed by atoms with Gasteiger partial charge in [-0.15, -0.1) is 0 Å². The van der Waals surface area contributed by atoms with Gasteiger partial charge in [-0.05, 0) is 45.9 Å². The smallest absolute Gasteiger partial charge is 0.400 e. The van der Waals surface area contributed by atoms with Crippen LogP contribution in [0, 0.1) is 0 Å². The highest BCUT2D eigenvalue weighted by Crippen LogP contribution is 2.36. The number of rotatable bonds is 4. The molecule has 0 amide bonds. The second-order valence-corrected chi connectivity index (χ2v) is 6.13. The largest absolute Gasteiger partial charge is 0.487 e. The molecule has 1 fully saturated rings. The third-order valence-corrected chi connectivity index (χ3v) is 4.00. The standard InChI is InChI=1S/C16H23BN2O2/c1-15(2)16(3,4)21-17(20-15)12-9-13-18-19(5)14-10-7-6-8-11-14/h6-13H,1-5H3/b12-9+,18-13+. The van der Waals surface area contributed by atoms with Crippen molar-refractivity contribution in [1.82, 2.24) is 0 Å². The van der Waals surface area contributed by atoms with Gasteiger partial charge in [0.25, 0.3) is 0 Å². The Balaban J connectivity index is 1.90. The quantitative estimate of drug-likeness (QED) is 0.484. The predicted octanol–water partition coefficient (Wildman–Crippen LogP) is 3.30. The molecule has 0 aliphatic carbocycles. The van der Waals surface area contributed by atoms with Crippen LogP contribution in [0.1, 0.15) is 27.7 Å². The van der Waals surface area contributed by atoms with Crippen molar-refractivity contribution in [2.24, 2.45) is 5.10 Å². The van der Waals surface area contributed by atoms with Crippen LogP contribution in [0.25, 0.3) is 0 Å². The summed E-state index contributed by atoms with van der Waals surface area (Å²) in [5.41, 5.74) is 0.428. The number of benzene rings is 1. The molecule has 1 aliphatic heterocycles.